The first-order valence-corrected chi connectivity index (χ1v) is 16.9. The van der Waals surface area contributed by atoms with Gasteiger partial charge in [0, 0.05) is 55.4 Å². The van der Waals surface area contributed by atoms with Gasteiger partial charge in [-0.15, -0.1) is 0 Å². The summed E-state index contributed by atoms with van der Waals surface area (Å²) in [4.78, 5) is 27.2. The number of ether oxygens (including phenoxy) is 1. The van der Waals surface area contributed by atoms with Crippen LogP contribution in [0.25, 0.3) is 22.2 Å². The maximum atomic E-state index is 12.9. The van der Waals surface area contributed by atoms with Crippen LogP contribution < -0.4 is 5.32 Å². The Balaban J connectivity index is 0.830. The van der Waals surface area contributed by atoms with Crippen molar-refractivity contribution in [3.8, 4) is 11.1 Å². The van der Waals surface area contributed by atoms with Crippen LogP contribution in [-0.2, 0) is 17.7 Å². The molecule has 1 fully saturated rings. The molecular formula is C38H47N5O2. The fourth-order valence-electron chi connectivity index (χ4n) is 6.76. The fourth-order valence-corrected chi connectivity index (χ4v) is 6.76. The summed E-state index contributed by atoms with van der Waals surface area (Å²) in [7, 11) is 0. The molecule has 1 N–H and O–H groups in total. The van der Waals surface area contributed by atoms with Gasteiger partial charge in [-0.3, -0.25) is 10.2 Å². The van der Waals surface area contributed by atoms with Crippen molar-refractivity contribution in [2.45, 2.75) is 76.9 Å². The van der Waals surface area contributed by atoms with Crippen LogP contribution in [0, 0.1) is 0 Å². The van der Waals surface area contributed by atoms with Crippen LogP contribution in [0.2, 0.25) is 0 Å². The maximum absolute atomic E-state index is 12.9. The fraction of sp³-hybridized carbons (Fsp3) is 0.447. The van der Waals surface area contributed by atoms with Crippen molar-refractivity contribution < 1.29 is 9.53 Å². The second-order valence-corrected chi connectivity index (χ2v) is 13.0. The van der Waals surface area contributed by atoms with E-state index in [4.69, 9.17) is 9.72 Å². The molecule has 0 spiro atoms. The zero-order valence-corrected chi connectivity index (χ0v) is 26.7. The number of nitrogens with zero attached hydrogens (tertiary/aromatic N) is 4. The Bertz CT molecular complexity index is 1550. The summed E-state index contributed by atoms with van der Waals surface area (Å²) >= 11 is 0. The highest BCUT2D eigenvalue weighted by molar-refractivity contribution is 5.91. The van der Waals surface area contributed by atoms with Gasteiger partial charge in [0.2, 0.25) is 0 Å². The molecule has 0 atom stereocenters. The first-order chi connectivity index (χ1) is 22.0. The molecule has 236 valence electrons. The highest BCUT2D eigenvalue weighted by Gasteiger charge is 2.33. The molecule has 4 heterocycles. The highest BCUT2D eigenvalue weighted by atomic mass is 16.6. The first kappa shape index (κ1) is 31.2. The van der Waals surface area contributed by atoms with E-state index in [1.165, 1.54) is 56.3 Å². The standard InChI is InChI=1S/C38H47N5O2/c1-38(45-37(44)41-35-18-10-9-17-33(35)30-14-7-6-8-15-30)20-26-42(27-21-38)23-11-4-2-3-5-12-24-43-25-19-34-32(29-43)28-31-16-13-22-39-36(31)40-34/h6-10,13-18,22,28H,2-5,11-12,19-21,23-27,29H2,1H3,(H,41,44). The smallest absolute Gasteiger partial charge is 0.412 e. The van der Waals surface area contributed by atoms with E-state index < -0.39 is 5.60 Å². The van der Waals surface area contributed by atoms with Gasteiger partial charge in [-0.2, -0.15) is 0 Å². The first-order valence-electron chi connectivity index (χ1n) is 16.9. The largest absolute Gasteiger partial charge is 0.443 e. The summed E-state index contributed by atoms with van der Waals surface area (Å²) in [5.74, 6) is 0. The molecule has 2 aliphatic heterocycles. The third kappa shape index (κ3) is 8.47. The summed E-state index contributed by atoms with van der Waals surface area (Å²) in [5.41, 5.74) is 5.89. The molecule has 0 bridgehead atoms. The van der Waals surface area contributed by atoms with E-state index in [0.717, 1.165) is 79.8 Å². The second kappa shape index (κ2) is 15.0. The molecule has 2 aromatic heterocycles. The lowest BCUT2D eigenvalue weighted by Crippen LogP contribution is -2.46. The van der Waals surface area contributed by atoms with Gasteiger partial charge in [-0.05, 0) is 81.1 Å². The van der Waals surface area contributed by atoms with E-state index in [9.17, 15) is 4.79 Å². The van der Waals surface area contributed by atoms with Crippen LogP contribution in [0.4, 0.5) is 10.5 Å². The van der Waals surface area contributed by atoms with E-state index in [0.29, 0.717) is 0 Å². The number of fused-ring (bicyclic) bond motifs is 2. The molecule has 1 amide bonds. The summed E-state index contributed by atoms with van der Waals surface area (Å²) < 4.78 is 5.99. The van der Waals surface area contributed by atoms with Crippen LogP contribution >= 0.6 is 0 Å². The minimum atomic E-state index is -0.430. The number of piperidine rings is 1. The van der Waals surface area contributed by atoms with Crippen molar-refractivity contribution in [1.29, 1.82) is 0 Å². The van der Waals surface area contributed by atoms with E-state index in [1.54, 1.807) is 0 Å². The number of pyridine rings is 2. The molecule has 7 nitrogen and oxygen atoms in total. The van der Waals surface area contributed by atoms with Crippen LogP contribution in [0.3, 0.4) is 0 Å². The average Bonchev–Trinajstić information content (AvgIpc) is 3.06. The Hall–Kier alpha value is -3.81. The number of amides is 1. The van der Waals surface area contributed by atoms with E-state index in [-0.39, 0.29) is 6.09 Å². The van der Waals surface area contributed by atoms with E-state index in [2.05, 4.69) is 51.3 Å². The Kier molecular flexibility index (Phi) is 10.4. The Morgan fingerprint density at radius 1 is 0.844 bits per heavy atom. The monoisotopic (exact) mass is 605 g/mol. The van der Waals surface area contributed by atoms with Crippen LogP contribution in [0.1, 0.15) is 69.5 Å². The molecule has 2 aliphatic rings. The van der Waals surface area contributed by atoms with Gasteiger partial charge in [0.05, 0.1) is 5.69 Å². The third-order valence-electron chi connectivity index (χ3n) is 9.52. The molecule has 7 heteroatoms. The van der Waals surface area contributed by atoms with Gasteiger partial charge in [0.15, 0.2) is 5.65 Å². The molecule has 0 saturated carbocycles. The van der Waals surface area contributed by atoms with Crippen LogP contribution in [0.5, 0.6) is 0 Å². The molecule has 0 radical (unpaired) electrons. The topological polar surface area (TPSA) is 70.6 Å². The summed E-state index contributed by atoms with van der Waals surface area (Å²) in [6.45, 7) is 8.46. The van der Waals surface area contributed by atoms with Gasteiger partial charge >= 0.3 is 6.09 Å². The summed E-state index contributed by atoms with van der Waals surface area (Å²) in [5, 5.41) is 4.15. The SMILES string of the molecule is CC1(OC(=O)Nc2ccccc2-c2ccccc2)CCN(CCCCCCCCN2CCc3nc4ncccc4cc3C2)CC1. The number of anilines is 1. The van der Waals surface area contributed by atoms with Crippen LogP contribution in [-0.4, -0.2) is 64.2 Å². The van der Waals surface area contributed by atoms with Crippen molar-refractivity contribution in [2.24, 2.45) is 0 Å². The zero-order chi connectivity index (χ0) is 30.9. The van der Waals surface area contributed by atoms with Gasteiger partial charge < -0.3 is 9.64 Å². The molecule has 45 heavy (non-hydrogen) atoms. The molecule has 0 aliphatic carbocycles. The van der Waals surface area contributed by atoms with Gasteiger partial charge in [0.25, 0.3) is 0 Å². The zero-order valence-electron chi connectivity index (χ0n) is 26.7. The van der Waals surface area contributed by atoms with Crippen molar-refractivity contribution in [1.82, 2.24) is 19.8 Å². The number of hydrogen-bond donors (Lipinski definition) is 1. The van der Waals surface area contributed by atoms with E-state index >= 15 is 0 Å². The molecule has 6 rings (SSSR count). The minimum Gasteiger partial charge on any atom is -0.443 e. The predicted octanol–water partition coefficient (Wildman–Crippen LogP) is 8.10. The van der Waals surface area contributed by atoms with Crippen molar-refractivity contribution in [3.05, 3.63) is 90.3 Å². The van der Waals surface area contributed by atoms with Gasteiger partial charge in [0.1, 0.15) is 5.60 Å². The number of aromatic nitrogens is 2. The summed E-state index contributed by atoms with van der Waals surface area (Å²) in [6, 6.07) is 24.4. The highest BCUT2D eigenvalue weighted by Crippen LogP contribution is 2.30. The summed E-state index contributed by atoms with van der Waals surface area (Å²) in [6.07, 6.45) is 12.0. The van der Waals surface area contributed by atoms with Crippen LogP contribution in [0.15, 0.2) is 79.0 Å². The molecule has 4 aromatic rings. The maximum Gasteiger partial charge on any atom is 0.412 e. The number of unbranched alkanes of at least 4 members (excludes halogenated alkanes) is 5. The molecule has 1 saturated heterocycles. The normalized spacial score (nSPS) is 16.7. The quantitative estimate of drug-likeness (QED) is 0.165. The number of rotatable bonds is 12. The Labute approximate surface area is 268 Å². The van der Waals surface area contributed by atoms with Crippen molar-refractivity contribution in [2.75, 3.05) is 38.0 Å². The lowest BCUT2D eigenvalue weighted by Gasteiger charge is -2.38. The number of likely N-dealkylation sites (tertiary alicyclic amines) is 1. The number of hydrogen-bond acceptors (Lipinski definition) is 6. The van der Waals surface area contributed by atoms with Gasteiger partial charge in [-0.25, -0.2) is 14.8 Å². The molecular weight excluding hydrogens is 558 g/mol. The number of para-hydroxylation sites is 1. The van der Waals surface area contributed by atoms with Gasteiger partial charge in [-0.1, -0.05) is 74.2 Å². The number of benzene rings is 2. The van der Waals surface area contributed by atoms with Crippen molar-refractivity contribution >= 4 is 22.8 Å². The molecule has 0 unspecified atom stereocenters. The lowest BCUT2D eigenvalue weighted by atomic mass is 9.93. The van der Waals surface area contributed by atoms with Crippen molar-refractivity contribution in [3.63, 3.8) is 0 Å². The average molecular weight is 606 g/mol. The lowest BCUT2D eigenvalue weighted by molar-refractivity contribution is -0.0163. The third-order valence-corrected chi connectivity index (χ3v) is 9.52. The minimum absolute atomic E-state index is 0.373. The number of carbonyl (C=O) groups is 1. The number of carbonyl (C=O) groups excluding carboxylic acids is 1. The van der Waals surface area contributed by atoms with E-state index in [1.807, 2.05) is 54.7 Å². The Morgan fingerprint density at radius 3 is 2.36 bits per heavy atom. The number of nitrogens with one attached hydrogen (secondary N) is 1. The second-order valence-electron chi connectivity index (χ2n) is 13.0. The predicted molar refractivity (Wildman–Crippen MR) is 182 cm³/mol. The molecule has 2 aromatic carbocycles. The Morgan fingerprint density at radius 2 is 1.56 bits per heavy atom.